The van der Waals surface area contributed by atoms with E-state index in [9.17, 15) is 8.42 Å². The maximum Gasteiger partial charge on any atom is 0.214 e. The Balaban J connectivity index is 2.27. The largest absolute Gasteiger partial charge is 0.383 e. The molecule has 0 unspecified atom stereocenters. The molecule has 0 amide bonds. The van der Waals surface area contributed by atoms with Crippen LogP contribution in [0.25, 0.3) is 0 Å². The van der Waals surface area contributed by atoms with E-state index in [1.165, 1.54) is 17.1 Å². The van der Waals surface area contributed by atoms with Crippen LogP contribution in [0.4, 0.5) is 0 Å². The van der Waals surface area contributed by atoms with E-state index in [1.807, 2.05) is 0 Å². The molecule has 0 spiro atoms. The molecule has 0 aromatic carbocycles. The number of nitrogens with one attached hydrogen (secondary N) is 1. The summed E-state index contributed by atoms with van der Waals surface area (Å²) in [6.45, 7) is 2.51. The molecule has 0 heterocycles. The summed E-state index contributed by atoms with van der Waals surface area (Å²) >= 11 is 0. The Morgan fingerprint density at radius 2 is 1.70 bits per heavy atom. The topological polar surface area (TPSA) is 67.9 Å². The Labute approximate surface area is 122 Å². The van der Waals surface area contributed by atoms with Crippen molar-refractivity contribution in [2.75, 3.05) is 52.8 Å². The van der Waals surface area contributed by atoms with E-state index < -0.39 is 10.0 Å². The Morgan fingerprint density at radius 1 is 1.10 bits per heavy atom. The van der Waals surface area contributed by atoms with Crippen molar-refractivity contribution in [3.05, 3.63) is 0 Å². The maximum atomic E-state index is 12.2. The second-order valence-electron chi connectivity index (χ2n) is 5.14. The molecule has 1 N–H and O–H groups in total. The lowest BCUT2D eigenvalue weighted by atomic mass is 10.3. The van der Waals surface area contributed by atoms with Crippen molar-refractivity contribution in [3.8, 4) is 0 Å². The number of unbranched alkanes of at least 4 members (excludes halogenated alkanes) is 1. The summed E-state index contributed by atoms with van der Waals surface area (Å²) in [6, 6.07) is 0.687. The zero-order chi connectivity index (χ0) is 14.8. The number of hydrogen-bond acceptors (Lipinski definition) is 5. The van der Waals surface area contributed by atoms with Gasteiger partial charge in [-0.1, -0.05) is 0 Å². The zero-order valence-corrected chi connectivity index (χ0v) is 13.5. The number of methoxy groups -OCH3 is 2. The van der Waals surface area contributed by atoms with Gasteiger partial charge >= 0.3 is 0 Å². The van der Waals surface area contributed by atoms with Gasteiger partial charge in [0.15, 0.2) is 0 Å². The molecule has 1 rings (SSSR count). The zero-order valence-electron chi connectivity index (χ0n) is 12.6. The van der Waals surface area contributed by atoms with Crippen LogP contribution >= 0.6 is 0 Å². The first kappa shape index (κ1) is 17.8. The molecule has 0 bridgehead atoms. The van der Waals surface area contributed by atoms with Gasteiger partial charge in [0.05, 0.1) is 19.0 Å². The molecule has 1 fully saturated rings. The summed E-state index contributed by atoms with van der Waals surface area (Å²) < 4.78 is 35.9. The molecule has 0 aromatic rings. The van der Waals surface area contributed by atoms with Gasteiger partial charge in [0, 0.05) is 33.4 Å². The van der Waals surface area contributed by atoms with Gasteiger partial charge in [-0.15, -0.1) is 0 Å². The summed E-state index contributed by atoms with van der Waals surface area (Å²) in [4.78, 5) is 0. The average molecular weight is 308 g/mol. The van der Waals surface area contributed by atoms with Crippen LogP contribution in [0.15, 0.2) is 0 Å². The van der Waals surface area contributed by atoms with Crippen molar-refractivity contribution in [1.29, 1.82) is 0 Å². The lowest BCUT2D eigenvalue weighted by Crippen LogP contribution is -2.38. The fraction of sp³-hybridized carbons (Fsp3) is 1.00. The highest BCUT2D eigenvalue weighted by Crippen LogP contribution is 2.18. The summed E-state index contributed by atoms with van der Waals surface area (Å²) in [5, 5.41) is 3.39. The molecule has 1 aliphatic carbocycles. The first-order chi connectivity index (χ1) is 9.60. The number of nitrogens with zero attached hydrogens (tertiary/aromatic N) is 1. The molecule has 6 nitrogen and oxygen atoms in total. The number of ether oxygens (including phenoxy) is 2. The molecule has 1 aliphatic rings. The summed E-state index contributed by atoms with van der Waals surface area (Å²) in [6.07, 6.45) is 4.12. The first-order valence-corrected chi connectivity index (χ1v) is 8.90. The van der Waals surface area contributed by atoms with E-state index in [0.29, 0.717) is 38.8 Å². The summed E-state index contributed by atoms with van der Waals surface area (Å²) in [7, 11) is -0.0582. The SMILES string of the molecule is COCCN(CCOC)S(=O)(=O)CCCCNC1CC1. The molecule has 1 saturated carbocycles. The highest BCUT2D eigenvalue weighted by atomic mass is 32.2. The quantitative estimate of drug-likeness (QED) is 0.500. The average Bonchev–Trinajstić information content (AvgIpc) is 3.22. The fourth-order valence-electron chi connectivity index (χ4n) is 1.91. The molecule has 20 heavy (non-hydrogen) atoms. The predicted molar refractivity (Wildman–Crippen MR) is 79.4 cm³/mol. The van der Waals surface area contributed by atoms with Gasteiger partial charge in [0.2, 0.25) is 10.0 Å². The maximum absolute atomic E-state index is 12.2. The third kappa shape index (κ3) is 7.54. The van der Waals surface area contributed by atoms with Gasteiger partial charge in [-0.2, -0.15) is 4.31 Å². The van der Waals surface area contributed by atoms with Crippen LogP contribution in [-0.4, -0.2) is 71.6 Å². The van der Waals surface area contributed by atoms with Crippen LogP contribution in [0.5, 0.6) is 0 Å². The predicted octanol–water partition coefficient (Wildman–Crippen LogP) is 0.443. The van der Waals surface area contributed by atoms with Crippen LogP contribution in [0.2, 0.25) is 0 Å². The van der Waals surface area contributed by atoms with E-state index in [0.717, 1.165) is 13.0 Å². The van der Waals surface area contributed by atoms with Crippen LogP contribution < -0.4 is 5.32 Å². The van der Waals surface area contributed by atoms with Crippen molar-refractivity contribution in [3.63, 3.8) is 0 Å². The van der Waals surface area contributed by atoms with Gasteiger partial charge in [0.1, 0.15) is 0 Å². The van der Waals surface area contributed by atoms with Crippen LogP contribution in [0.1, 0.15) is 25.7 Å². The third-order valence-electron chi connectivity index (χ3n) is 3.32. The molecular weight excluding hydrogens is 280 g/mol. The van der Waals surface area contributed by atoms with Gasteiger partial charge in [-0.3, -0.25) is 0 Å². The van der Waals surface area contributed by atoms with E-state index in [2.05, 4.69) is 5.32 Å². The van der Waals surface area contributed by atoms with Crippen molar-refractivity contribution in [2.45, 2.75) is 31.7 Å². The Kier molecular flexibility index (Phi) is 8.63. The summed E-state index contributed by atoms with van der Waals surface area (Å²) in [5.74, 6) is 0.201. The van der Waals surface area contributed by atoms with E-state index >= 15 is 0 Å². The van der Waals surface area contributed by atoms with Gasteiger partial charge < -0.3 is 14.8 Å². The minimum absolute atomic E-state index is 0.201. The monoisotopic (exact) mass is 308 g/mol. The van der Waals surface area contributed by atoms with Crippen molar-refractivity contribution >= 4 is 10.0 Å². The number of rotatable bonds is 13. The Hall–Kier alpha value is -0.210. The molecule has 0 aromatic heterocycles. The lowest BCUT2D eigenvalue weighted by Gasteiger charge is -2.21. The standard InChI is InChI=1S/C13H28N2O4S/c1-18-10-8-15(9-11-19-2)20(16,17)12-4-3-7-14-13-5-6-13/h13-14H,3-12H2,1-2H3. The molecule has 0 radical (unpaired) electrons. The molecule has 0 atom stereocenters. The minimum Gasteiger partial charge on any atom is -0.383 e. The van der Waals surface area contributed by atoms with E-state index in [1.54, 1.807) is 14.2 Å². The normalized spacial score (nSPS) is 15.9. The highest BCUT2D eigenvalue weighted by Gasteiger charge is 2.22. The lowest BCUT2D eigenvalue weighted by molar-refractivity contribution is 0.150. The van der Waals surface area contributed by atoms with Gasteiger partial charge in [0.25, 0.3) is 0 Å². The molecule has 0 aliphatic heterocycles. The van der Waals surface area contributed by atoms with E-state index in [-0.39, 0.29) is 5.75 Å². The van der Waals surface area contributed by atoms with Crippen molar-refractivity contribution < 1.29 is 17.9 Å². The van der Waals surface area contributed by atoms with E-state index in [4.69, 9.17) is 9.47 Å². The van der Waals surface area contributed by atoms with Crippen molar-refractivity contribution in [2.24, 2.45) is 0 Å². The first-order valence-electron chi connectivity index (χ1n) is 7.29. The highest BCUT2D eigenvalue weighted by molar-refractivity contribution is 7.89. The van der Waals surface area contributed by atoms with Gasteiger partial charge in [-0.25, -0.2) is 8.42 Å². The van der Waals surface area contributed by atoms with Crippen LogP contribution in [-0.2, 0) is 19.5 Å². The molecule has 7 heteroatoms. The second kappa shape index (κ2) is 9.68. The molecular formula is C13H28N2O4S. The molecule has 120 valence electrons. The van der Waals surface area contributed by atoms with Crippen LogP contribution in [0, 0.1) is 0 Å². The second-order valence-corrected chi connectivity index (χ2v) is 7.22. The number of hydrogen-bond donors (Lipinski definition) is 1. The fourth-order valence-corrected chi connectivity index (χ4v) is 3.44. The Morgan fingerprint density at radius 3 is 2.20 bits per heavy atom. The minimum atomic E-state index is -3.21. The summed E-state index contributed by atoms with van der Waals surface area (Å²) in [5.41, 5.74) is 0. The molecule has 0 saturated heterocycles. The van der Waals surface area contributed by atoms with Crippen LogP contribution in [0.3, 0.4) is 0 Å². The van der Waals surface area contributed by atoms with Crippen molar-refractivity contribution in [1.82, 2.24) is 9.62 Å². The Bertz CT molecular complexity index is 336. The number of sulfonamides is 1. The van der Waals surface area contributed by atoms with Gasteiger partial charge in [-0.05, 0) is 32.2 Å². The third-order valence-corrected chi connectivity index (χ3v) is 5.28. The smallest absolute Gasteiger partial charge is 0.214 e.